The lowest BCUT2D eigenvalue weighted by molar-refractivity contribution is 0.308. The molecule has 0 aliphatic heterocycles. The first-order valence-corrected chi connectivity index (χ1v) is 4.67. The third-order valence-corrected chi connectivity index (χ3v) is 1.78. The number of nitrogens with two attached hydrogens (primary N) is 1. The number of unbranched alkanes of at least 4 members (excludes halogenated alkanes) is 1. The summed E-state index contributed by atoms with van der Waals surface area (Å²) in [6.45, 7) is 2.82. The summed E-state index contributed by atoms with van der Waals surface area (Å²) in [6.07, 6.45) is 3.74. The van der Waals surface area contributed by atoms with Crippen molar-refractivity contribution in [2.45, 2.75) is 19.8 Å². The van der Waals surface area contributed by atoms with Crippen LogP contribution in [0.2, 0.25) is 0 Å². The van der Waals surface area contributed by atoms with E-state index < -0.39 is 0 Å². The van der Waals surface area contributed by atoms with Crippen molar-refractivity contribution in [3.8, 4) is 5.75 Å². The average Bonchev–Trinajstić information content (AvgIpc) is 2.19. The van der Waals surface area contributed by atoms with Crippen molar-refractivity contribution in [1.82, 2.24) is 4.98 Å². The van der Waals surface area contributed by atoms with Gasteiger partial charge in [-0.1, -0.05) is 13.3 Å². The molecule has 0 radical (unpaired) electrons. The van der Waals surface area contributed by atoms with Gasteiger partial charge in [-0.05, 0) is 18.6 Å². The SMILES string of the molecule is CCCCOc1ccc(C(=N)N)nc1. The van der Waals surface area contributed by atoms with E-state index in [4.69, 9.17) is 15.9 Å². The van der Waals surface area contributed by atoms with Crippen molar-refractivity contribution in [2.75, 3.05) is 6.61 Å². The summed E-state index contributed by atoms with van der Waals surface area (Å²) in [5, 5.41) is 7.15. The number of ether oxygens (including phenoxy) is 1. The minimum Gasteiger partial charge on any atom is -0.492 e. The predicted octanol–water partition coefficient (Wildman–Crippen LogP) is 1.54. The Morgan fingerprint density at radius 2 is 2.36 bits per heavy atom. The van der Waals surface area contributed by atoms with Gasteiger partial charge in [-0.25, -0.2) is 4.98 Å². The van der Waals surface area contributed by atoms with E-state index in [0.29, 0.717) is 12.3 Å². The molecule has 1 rings (SSSR count). The fraction of sp³-hybridized carbons (Fsp3) is 0.400. The molecule has 0 fully saturated rings. The van der Waals surface area contributed by atoms with Crippen molar-refractivity contribution < 1.29 is 4.74 Å². The summed E-state index contributed by atoms with van der Waals surface area (Å²) in [5.41, 5.74) is 5.74. The van der Waals surface area contributed by atoms with Crippen LogP contribution < -0.4 is 10.5 Å². The van der Waals surface area contributed by atoms with Crippen LogP contribution >= 0.6 is 0 Å². The largest absolute Gasteiger partial charge is 0.492 e. The summed E-state index contributed by atoms with van der Waals surface area (Å²) < 4.78 is 5.41. The minimum atomic E-state index is -0.0230. The molecule has 1 aromatic rings. The topological polar surface area (TPSA) is 72.0 Å². The number of nitrogen functional groups attached to an aromatic ring is 1. The molecule has 3 N–H and O–H groups in total. The molecule has 4 heteroatoms. The number of aromatic nitrogens is 1. The number of hydrogen-bond acceptors (Lipinski definition) is 3. The fourth-order valence-electron chi connectivity index (χ4n) is 0.959. The van der Waals surface area contributed by atoms with Crippen molar-refractivity contribution >= 4 is 5.84 Å². The molecule has 76 valence electrons. The van der Waals surface area contributed by atoms with E-state index in [1.54, 1.807) is 18.3 Å². The van der Waals surface area contributed by atoms with Crippen LogP contribution in [0.4, 0.5) is 0 Å². The zero-order valence-electron chi connectivity index (χ0n) is 8.29. The third kappa shape index (κ3) is 3.05. The molecule has 0 atom stereocenters. The molecule has 0 aliphatic carbocycles. The molecule has 1 heterocycles. The maximum absolute atomic E-state index is 7.15. The molecule has 0 aromatic carbocycles. The van der Waals surface area contributed by atoms with E-state index in [9.17, 15) is 0 Å². The maximum atomic E-state index is 7.15. The maximum Gasteiger partial charge on any atom is 0.141 e. The van der Waals surface area contributed by atoms with Crippen molar-refractivity contribution in [3.63, 3.8) is 0 Å². The number of hydrogen-bond donors (Lipinski definition) is 2. The van der Waals surface area contributed by atoms with E-state index in [-0.39, 0.29) is 5.84 Å². The molecule has 4 nitrogen and oxygen atoms in total. The van der Waals surface area contributed by atoms with Crippen molar-refractivity contribution in [2.24, 2.45) is 5.73 Å². The molecule has 0 spiro atoms. The number of rotatable bonds is 5. The predicted molar refractivity (Wildman–Crippen MR) is 55.7 cm³/mol. The highest BCUT2D eigenvalue weighted by Crippen LogP contribution is 2.09. The monoisotopic (exact) mass is 193 g/mol. The number of nitrogens with one attached hydrogen (secondary N) is 1. The second kappa shape index (κ2) is 5.21. The van der Waals surface area contributed by atoms with Gasteiger partial charge >= 0.3 is 0 Å². The van der Waals surface area contributed by atoms with Crippen molar-refractivity contribution in [3.05, 3.63) is 24.0 Å². The minimum absolute atomic E-state index is 0.0230. The van der Waals surface area contributed by atoms with Crippen LogP contribution in [0, 0.1) is 5.41 Å². The smallest absolute Gasteiger partial charge is 0.141 e. The highest BCUT2D eigenvalue weighted by atomic mass is 16.5. The van der Waals surface area contributed by atoms with Gasteiger partial charge in [-0.2, -0.15) is 0 Å². The van der Waals surface area contributed by atoms with Gasteiger partial charge in [0.05, 0.1) is 12.8 Å². The van der Waals surface area contributed by atoms with Gasteiger partial charge in [0.25, 0.3) is 0 Å². The Morgan fingerprint density at radius 1 is 1.57 bits per heavy atom. The molecule has 0 unspecified atom stereocenters. The second-order valence-corrected chi connectivity index (χ2v) is 2.99. The van der Waals surface area contributed by atoms with E-state index in [0.717, 1.165) is 18.6 Å². The van der Waals surface area contributed by atoms with Crippen molar-refractivity contribution in [1.29, 1.82) is 5.41 Å². The highest BCUT2D eigenvalue weighted by Gasteiger charge is 1.98. The van der Waals surface area contributed by atoms with Crippen LogP contribution in [0.25, 0.3) is 0 Å². The number of nitrogens with zero attached hydrogens (tertiary/aromatic N) is 1. The lowest BCUT2D eigenvalue weighted by atomic mass is 10.3. The first kappa shape index (κ1) is 10.5. The Balaban J connectivity index is 2.51. The first-order chi connectivity index (χ1) is 6.74. The van der Waals surface area contributed by atoms with Gasteiger partial charge in [-0.15, -0.1) is 0 Å². The van der Waals surface area contributed by atoms with Crippen LogP contribution in [0.3, 0.4) is 0 Å². The fourth-order valence-corrected chi connectivity index (χ4v) is 0.959. The molecule has 0 bridgehead atoms. The molecule has 14 heavy (non-hydrogen) atoms. The quantitative estimate of drug-likeness (QED) is 0.423. The van der Waals surface area contributed by atoms with E-state index >= 15 is 0 Å². The van der Waals surface area contributed by atoms with Crippen LogP contribution in [-0.2, 0) is 0 Å². The highest BCUT2D eigenvalue weighted by molar-refractivity contribution is 5.92. The van der Waals surface area contributed by atoms with E-state index in [1.807, 2.05) is 0 Å². The summed E-state index contributed by atoms with van der Waals surface area (Å²) in [5.74, 6) is 0.702. The molecule has 0 saturated heterocycles. The molecule has 0 amide bonds. The zero-order valence-corrected chi connectivity index (χ0v) is 8.29. The second-order valence-electron chi connectivity index (χ2n) is 2.99. The third-order valence-electron chi connectivity index (χ3n) is 1.78. The Hall–Kier alpha value is -1.58. The lowest BCUT2D eigenvalue weighted by Crippen LogP contribution is -2.12. The van der Waals surface area contributed by atoms with Gasteiger partial charge in [-0.3, -0.25) is 5.41 Å². The summed E-state index contributed by atoms with van der Waals surface area (Å²) in [6, 6.07) is 3.46. The van der Waals surface area contributed by atoms with Crippen LogP contribution in [0.15, 0.2) is 18.3 Å². The standard InChI is InChI=1S/C10H15N3O/c1-2-3-6-14-8-4-5-9(10(11)12)13-7-8/h4-5,7H,2-3,6H2,1H3,(H3,11,12). The molecular formula is C10H15N3O. The lowest BCUT2D eigenvalue weighted by Gasteiger charge is -2.04. The summed E-state index contributed by atoms with van der Waals surface area (Å²) >= 11 is 0. The first-order valence-electron chi connectivity index (χ1n) is 4.67. The number of amidine groups is 1. The van der Waals surface area contributed by atoms with Crippen LogP contribution in [-0.4, -0.2) is 17.4 Å². The van der Waals surface area contributed by atoms with Crippen LogP contribution in [0.5, 0.6) is 5.75 Å². The normalized spacial score (nSPS) is 9.79. The Bertz CT molecular complexity index is 295. The molecular weight excluding hydrogens is 178 g/mol. The van der Waals surface area contributed by atoms with Crippen LogP contribution in [0.1, 0.15) is 25.5 Å². The van der Waals surface area contributed by atoms with Gasteiger partial charge in [0.15, 0.2) is 0 Å². The molecule has 0 saturated carbocycles. The van der Waals surface area contributed by atoms with Gasteiger partial charge < -0.3 is 10.5 Å². The summed E-state index contributed by atoms with van der Waals surface area (Å²) in [7, 11) is 0. The number of pyridine rings is 1. The van der Waals surface area contributed by atoms with E-state index in [2.05, 4.69) is 11.9 Å². The van der Waals surface area contributed by atoms with Gasteiger partial charge in [0.2, 0.25) is 0 Å². The van der Waals surface area contributed by atoms with E-state index in [1.165, 1.54) is 0 Å². The van der Waals surface area contributed by atoms with Gasteiger partial charge in [0, 0.05) is 0 Å². The van der Waals surface area contributed by atoms with Gasteiger partial charge in [0.1, 0.15) is 17.3 Å². The summed E-state index contributed by atoms with van der Waals surface area (Å²) in [4.78, 5) is 3.98. The Labute approximate surface area is 83.6 Å². The Morgan fingerprint density at radius 3 is 2.86 bits per heavy atom. The average molecular weight is 193 g/mol. The zero-order chi connectivity index (χ0) is 10.4. The Kier molecular flexibility index (Phi) is 3.91. The molecule has 0 aliphatic rings. The molecule has 1 aromatic heterocycles.